The fourth-order valence-corrected chi connectivity index (χ4v) is 4.62. The van der Waals surface area contributed by atoms with E-state index in [4.69, 9.17) is 0 Å². The summed E-state index contributed by atoms with van der Waals surface area (Å²) in [6.07, 6.45) is 7.64. The Bertz CT molecular complexity index is 863. The fraction of sp³-hybridized carbons (Fsp3) is 0.368. The standard InChI is InChI=1S/C19H23N3O3S/c1-22(14-15-7-2-3-8-15)19(23)17-10-4-5-11-18(17)26(24,25)21-16-9-6-12-20-13-16/h4-6,9-13,15,21H,2-3,7-8,14H2,1H3. The van der Waals surface area contributed by atoms with Gasteiger partial charge in [0.05, 0.1) is 17.4 Å². The van der Waals surface area contributed by atoms with Gasteiger partial charge in [0.15, 0.2) is 0 Å². The summed E-state index contributed by atoms with van der Waals surface area (Å²) in [6.45, 7) is 0.656. The summed E-state index contributed by atoms with van der Waals surface area (Å²) in [5, 5.41) is 0. The number of aromatic nitrogens is 1. The van der Waals surface area contributed by atoms with Gasteiger partial charge < -0.3 is 4.90 Å². The van der Waals surface area contributed by atoms with Crippen LogP contribution in [0, 0.1) is 5.92 Å². The summed E-state index contributed by atoms with van der Waals surface area (Å²) in [6, 6.07) is 9.57. The lowest BCUT2D eigenvalue weighted by Crippen LogP contribution is -2.32. The first kappa shape index (κ1) is 18.4. The maximum atomic E-state index is 12.9. The second-order valence-corrected chi connectivity index (χ2v) is 8.33. The average molecular weight is 373 g/mol. The van der Waals surface area contributed by atoms with E-state index < -0.39 is 10.0 Å². The van der Waals surface area contributed by atoms with E-state index in [9.17, 15) is 13.2 Å². The Morgan fingerprint density at radius 2 is 1.92 bits per heavy atom. The number of benzene rings is 1. The molecule has 0 atom stereocenters. The largest absolute Gasteiger partial charge is 0.341 e. The Labute approximate surface area is 154 Å². The Morgan fingerprint density at radius 3 is 2.62 bits per heavy atom. The Hall–Kier alpha value is -2.41. The minimum atomic E-state index is -3.89. The maximum Gasteiger partial charge on any atom is 0.262 e. The zero-order valence-electron chi connectivity index (χ0n) is 14.8. The summed E-state index contributed by atoms with van der Waals surface area (Å²) >= 11 is 0. The molecule has 1 amide bonds. The van der Waals surface area contributed by atoms with Gasteiger partial charge in [-0.05, 0) is 43.0 Å². The first-order chi connectivity index (χ1) is 12.5. The van der Waals surface area contributed by atoms with Gasteiger partial charge in [-0.3, -0.25) is 14.5 Å². The van der Waals surface area contributed by atoms with Crippen molar-refractivity contribution in [1.82, 2.24) is 9.88 Å². The van der Waals surface area contributed by atoms with Crippen molar-refractivity contribution in [2.45, 2.75) is 30.6 Å². The van der Waals surface area contributed by atoms with Crippen LogP contribution in [0.3, 0.4) is 0 Å². The SMILES string of the molecule is CN(CC1CCCC1)C(=O)c1ccccc1S(=O)(=O)Nc1cccnc1. The van der Waals surface area contributed by atoms with Crippen LogP contribution in [0.15, 0.2) is 53.7 Å². The lowest BCUT2D eigenvalue weighted by molar-refractivity contribution is 0.0769. The number of carbonyl (C=O) groups is 1. The van der Waals surface area contributed by atoms with Crippen LogP contribution in [-0.4, -0.2) is 37.8 Å². The summed E-state index contributed by atoms with van der Waals surface area (Å²) in [7, 11) is -2.15. The molecule has 0 aliphatic heterocycles. The van der Waals surface area contributed by atoms with Gasteiger partial charge in [0, 0.05) is 19.8 Å². The minimum Gasteiger partial charge on any atom is -0.341 e. The van der Waals surface area contributed by atoms with Gasteiger partial charge in [0.25, 0.3) is 15.9 Å². The van der Waals surface area contributed by atoms with E-state index in [1.54, 1.807) is 48.5 Å². The Morgan fingerprint density at radius 1 is 1.19 bits per heavy atom. The van der Waals surface area contributed by atoms with Gasteiger partial charge in [-0.25, -0.2) is 8.42 Å². The maximum absolute atomic E-state index is 12.9. The Kier molecular flexibility index (Phi) is 5.56. The highest BCUT2D eigenvalue weighted by molar-refractivity contribution is 7.92. The molecule has 6 nitrogen and oxygen atoms in total. The molecule has 7 heteroatoms. The lowest BCUT2D eigenvalue weighted by Gasteiger charge is -2.22. The molecule has 1 heterocycles. The van der Waals surface area contributed by atoms with Gasteiger partial charge in [0.1, 0.15) is 4.90 Å². The van der Waals surface area contributed by atoms with E-state index in [1.807, 2.05) is 0 Å². The van der Waals surface area contributed by atoms with Gasteiger partial charge in [-0.1, -0.05) is 25.0 Å². The van der Waals surface area contributed by atoms with Crippen LogP contribution in [0.25, 0.3) is 0 Å². The smallest absolute Gasteiger partial charge is 0.262 e. The number of sulfonamides is 1. The highest BCUT2D eigenvalue weighted by Gasteiger charge is 2.26. The molecule has 1 aromatic carbocycles. The molecule has 1 fully saturated rings. The number of carbonyl (C=O) groups excluding carboxylic acids is 1. The van der Waals surface area contributed by atoms with E-state index in [0.717, 1.165) is 12.8 Å². The second kappa shape index (κ2) is 7.86. The first-order valence-electron chi connectivity index (χ1n) is 8.75. The molecule has 0 spiro atoms. The van der Waals surface area contributed by atoms with Crippen molar-refractivity contribution < 1.29 is 13.2 Å². The van der Waals surface area contributed by atoms with Crippen LogP contribution in [-0.2, 0) is 10.0 Å². The van der Waals surface area contributed by atoms with Crippen molar-refractivity contribution in [3.05, 3.63) is 54.4 Å². The number of hydrogen-bond donors (Lipinski definition) is 1. The Balaban J connectivity index is 1.84. The topological polar surface area (TPSA) is 79.4 Å². The third-order valence-electron chi connectivity index (χ3n) is 4.67. The highest BCUT2D eigenvalue weighted by atomic mass is 32.2. The van der Waals surface area contributed by atoms with E-state index in [0.29, 0.717) is 18.2 Å². The fourth-order valence-electron chi connectivity index (χ4n) is 3.38. The van der Waals surface area contributed by atoms with Crippen molar-refractivity contribution in [3.8, 4) is 0 Å². The third kappa shape index (κ3) is 4.22. The van der Waals surface area contributed by atoms with Gasteiger partial charge >= 0.3 is 0 Å². The van der Waals surface area contributed by atoms with Crippen molar-refractivity contribution in [2.24, 2.45) is 5.92 Å². The molecule has 2 aromatic rings. The number of anilines is 1. The number of hydrogen-bond acceptors (Lipinski definition) is 4. The molecule has 1 aromatic heterocycles. The predicted molar refractivity (Wildman–Crippen MR) is 100 cm³/mol. The van der Waals surface area contributed by atoms with Crippen LogP contribution in [0.5, 0.6) is 0 Å². The van der Waals surface area contributed by atoms with Crippen LogP contribution in [0.1, 0.15) is 36.0 Å². The minimum absolute atomic E-state index is 0.0212. The third-order valence-corrected chi connectivity index (χ3v) is 6.11. The molecule has 1 N–H and O–H groups in total. The molecule has 3 rings (SSSR count). The first-order valence-corrected chi connectivity index (χ1v) is 10.2. The van der Waals surface area contributed by atoms with Crippen molar-refractivity contribution in [3.63, 3.8) is 0 Å². The molecule has 26 heavy (non-hydrogen) atoms. The second-order valence-electron chi connectivity index (χ2n) is 6.68. The molecule has 0 bridgehead atoms. The molecule has 0 radical (unpaired) electrons. The van der Waals surface area contributed by atoms with Crippen LogP contribution < -0.4 is 4.72 Å². The van der Waals surface area contributed by atoms with Gasteiger partial charge in [-0.15, -0.1) is 0 Å². The highest BCUT2D eigenvalue weighted by Crippen LogP contribution is 2.26. The monoisotopic (exact) mass is 373 g/mol. The summed E-state index contributed by atoms with van der Waals surface area (Å²) in [4.78, 5) is 18.4. The number of nitrogens with zero attached hydrogens (tertiary/aromatic N) is 2. The lowest BCUT2D eigenvalue weighted by atomic mass is 10.1. The normalized spacial score (nSPS) is 15.0. The van der Waals surface area contributed by atoms with Crippen molar-refractivity contribution >= 4 is 21.6 Å². The van der Waals surface area contributed by atoms with Crippen LogP contribution in [0.2, 0.25) is 0 Å². The quantitative estimate of drug-likeness (QED) is 0.844. The summed E-state index contributed by atoms with van der Waals surface area (Å²) < 4.78 is 28.0. The molecular formula is C19H23N3O3S. The molecule has 1 aliphatic carbocycles. The number of amides is 1. The summed E-state index contributed by atoms with van der Waals surface area (Å²) in [5.41, 5.74) is 0.540. The predicted octanol–water partition coefficient (Wildman–Crippen LogP) is 3.14. The summed E-state index contributed by atoms with van der Waals surface area (Å²) in [5.74, 6) is 0.227. The molecule has 0 saturated heterocycles. The number of rotatable bonds is 6. The molecule has 138 valence electrons. The zero-order valence-corrected chi connectivity index (χ0v) is 15.6. The van der Waals surface area contributed by atoms with Crippen molar-refractivity contribution in [2.75, 3.05) is 18.3 Å². The van der Waals surface area contributed by atoms with E-state index in [1.165, 1.54) is 25.1 Å². The molecule has 1 aliphatic rings. The van der Waals surface area contributed by atoms with Crippen molar-refractivity contribution in [1.29, 1.82) is 0 Å². The van der Waals surface area contributed by atoms with Crippen LogP contribution in [0.4, 0.5) is 5.69 Å². The van der Waals surface area contributed by atoms with E-state index >= 15 is 0 Å². The zero-order chi connectivity index (χ0) is 18.6. The molecule has 0 unspecified atom stereocenters. The average Bonchev–Trinajstić information content (AvgIpc) is 3.14. The van der Waals surface area contributed by atoms with Gasteiger partial charge in [0.2, 0.25) is 0 Å². The molecular weight excluding hydrogens is 350 g/mol. The molecule has 1 saturated carbocycles. The number of pyridine rings is 1. The van der Waals surface area contributed by atoms with E-state index in [-0.39, 0.29) is 16.4 Å². The van der Waals surface area contributed by atoms with Gasteiger partial charge in [-0.2, -0.15) is 0 Å². The van der Waals surface area contributed by atoms with Crippen LogP contribution >= 0.6 is 0 Å². The van der Waals surface area contributed by atoms with E-state index in [2.05, 4.69) is 9.71 Å². The number of nitrogens with one attached hydrogen (secondary N) is 1.